The van der Waals surface area contributed by atoms with E-state index in [2.05, 4.69) is 15.6 Å². The van der Waals surface area contributed by atoms with Crippen molar-refractivity contribution in [1.82, 2.24) is 10.6 Å². The first kappa shape index (κ1) is 26.6. The molecule has 0 saturated carbocycles. The lowest BCUT2D eigenvalue weighted by atomic mass is 10.0. The highest BCUT2D eigenvalue weighted by molar-refractivity contribution is 6.20. The molecule has 1 unspecified atom stereocenters. The number of anilines is 1. The number of nitrogens with one attached hydrogen (secondary N) is 2. The summed E-state index contributed by atoms with van der Waals surface area (Å²) in [6, 6.07) is 19.7. The Labute approximate surface area is 217 Å². The molecule has 1 heterocycles. The van der Waals surface area contributed by atoms with Crippen LogP contribution in [-0.2, 0) is 27.0 Å². The second-order valence-corrected chi connectivity index (χ2v) is 8.83. The van der Waals surface area contributed by atoms with Crippen LogP contribution >= 0.6 is 0 Å². The minimum atomic E-state index is -4.47. The van der Waals surface area contributed by atoms with Crippen LogP contribution in [0.5, 0.6) is 0 Å². The van der Waals surface area contributed by atoms with Gasteiger partial charge in [0, 0.05) is 18.2 Å². The average Bonchev–Trinajstić information content (AvgIpc) is 2.99. The molecule has 0 bridgehead atoms. The Morgan fingerprint density at radius 3 is 2.26 bits per heavy atom. The lowest BCUT2D eigenvalue weighted by molar-refractivity contribution is -0.137. The Kier molecular flexibility index (Phi) is 7.61. The highest BCUT2D eigenvalue weighted by atomic mass is 19.4. The number of para-hydroxylation sites is 1. The van der Waals surface area contributed by atoms with E-state index < -0.39 is 41.7 Å². The van der Waals surface area contributed by atoms with Gasteiger partial charge in [0.05, 0.1) is 23.4 Å². The number of alkyl halides is 3. The summed E-state index contributed by atoms with van der Waals surface area (Å²) in [5.74, 6) is -1.66. The number of amides is 3. The van der Waals surface area contributed by atoms with Gasteiger partial charge in [0.25, 0.3) is 5.91 Å². The van der Waals surface area contributed by atoms with Gasteiger partial charge < -0.3 is 15.5 Å². The summed E-state index contributed by atoms with van der Waals surface area (Å²) < 4.78 is 38.3. The molecule has 38 heavy (non-hydrogen) atoms. The Hall–Kier alpha value is -4.47. The van der Waals surface area contributed by atoms with E-state index in [0.717, 1.165) is 23.3 Å². The summed E-state index contributed by atoms with van der Waals surface area (Å²) in [4.78, 5) is 44.7. The first-order chi connectivity index (χ1) is 18.0. The molecule has 1 aliphatic heterocycles. The quantitative estimate of drug-likeness (QED) is 0.517. The number of carbonyl (C=O) groups is 3. The van der Waals surface area contributed by atoms with Gasteiger partial charge in [-0.3, -0.25) is 14.4 Å². The number of benzene rings is 3. The average molecular weight is 523 g/mol. The molecular formula is C28H25F3N4O3. The zero-order valence-corrected chi connectivity index (χ0v) is 20.6. The van der Waals surface area contributed by atoms with E-state index in [4.69, 9.17) is 0 Å². The number of nitrogens with zero attached hydrogens (tertiary/aromatic N) is 2. The molecular weight excluding hydrogens is 497 g/mol. The Morgan fingerprint density at radius 2 is 1.61 bits per heavy atom. The SMILES string of the molecule is C[C@H](NC(=O)Cc1ccc(C(F)(F)F)cc1)C(=O)NC1N=C(c2ccccc2)c2ccccc2N(C)C1=O. The summed E-state index contributed by atoms with van der Waals surface area (Å²) in [6.45, 7) is 1.45. The maximum absolute atomic E-state index is 13.2. The number of benzodiazepines with no additional fused rings is 1. The summed E-state index contributed by atoms with van der Waals surface area (Å²) in [5, 5.41) is 5.13. The lowest BCUT2D eigenvalue weighted by Crippen LogP contribution is -2.52. The van der Waals surface area contributed by atoms with Crippen LogP contribution in [-0.4, -0.2) is 42.7 Å². The van der Waals surface area contributed by atoms with Gasteiger partial charge in [-0.1, -0.05) is 60.7 Å². The van der Waals surface area contributed by atoms with Crippen molar-refractivity contribution in [2.24, 2.45) is 4.99 Å². The zero-order valence-electron chi connectivity index (χ0n) is 20.6. The number of likely N-dealkylation sites (N-methyl/N-ethyl adjacent to an activating group) is 1. The molecule has 2 N–H and O–H groups in total. The van der Waals surface area contributed by atoms with Crippen LogP contribution in [0.1, 0.15) is 29.2 Å². The van der Waals surface area contributed by atoms with Crippen molar-refractivity contribution < 1.29 is 27.6 Å². The van der Waals surface area contributed by atoms with Crippen LogP contribution in [0, 0.1) is 0 Å². The van der Waals surface area contributed by atoms with Crippen molar-refractivity contribution in [2.45, 2.75) is 31.7 Å². The molecule has 4 rings (SSSR count). The van der Waals surface area contributed by atoms with E-state index in [9.17, 15) is 27.6 Å². The van der Waals surface area contributed by atoms with Crippen LogP contribution in [0.3, 0.4) is 0 Å². The van der Waals surface area contributed by atoms with Crippen molar-refractivity contribution in [3.05, 3.63) is 101 Å². The Morgan fingerprint density at radius 1 is 0.974 bits per heavy atom. The van der Waals surface area contributed by atoms with Gasteiger partial charge in [0.15, 0.2) is 0 Å². The van der Waals surface area contributed by atoms with Gasteiger partial charge in [-0.05, 0) is 30.7 Å². The molecule has 3 amide bonds. The van der Waals surface area contributed by atoms with Gasteiger partial charge in [-0.25, -0.2) is 4.99 Å². The largest absolute Gasteiger partial charge is 0.416 e. The third-order valence-electron chi connectivity index (χ3n) is 6.09. The lowest BCUT2D eigenvalue weighted by Gasteiger charge is -2.22. The van der Waals surface area contributed by atoms with Crippen molar-refractivity contribution in [3.63, 3.8) is 0 Å². The van der Waals surface area contributed by atoms with E-state index in [0.29, 0.717) is 17.0 Å². The predicted octanol–water partition coefficient (Wildman–Crippen LogP) is 3.71. The second-order valence-electron chi connectivity index (χ2n) is 8.83. The molecule has 0 aliphatic carbocycles. The normalized spacial score (nSPS) is 16.1. The van der Waals surface area contributed by atoms with Crippen LogP contribution in [0.2, 0.25) is 0 Å². The number of fused-ring (bicyclic) bond motifs is 1. The van der Waals surface area contributed by atoms with Crippen molar-refractivity contribution in [2.75, 3.05) is 11.9 Å². The fraction of sp³-hybridized carbons (Fsp3) is 0.214. The molecule has 0 fully saturated rings. The highest BCUT2D eigenvalue weighted by Crippen LogP contribution is 2.29. The molecule has 196 valence electrons. The smallest absolute Gasteiger partial charge is 0.344 e. The minimum Gasteiger partial charge on any atom is -0.344 e. The standard InChI is InChI=1S/C28H25F3N4O3/c1-17(32-23(36)16-18-12-14-20(15-13-18)28(29,30)31)26(37)34-25-27(38)35(2)22-11-7-6-10-21(22)24(33-25)19-8-4-3-5-9-19/h3-15,17,25H,16H2,1-2H3,(H,32,36)(H,34,37)/t17-,25?/m0/s1. The molecule has 2 atom stereocenters. The van der Waals surface area contributed by atoms with E-state index >= 15 is 0 Å². The molecule has 7 nitrogen and oxygen atoms in total. The number of carbonyl (C=O) groups excluding carboxylic acids is 3. The molecule has 0 aromatic heterocycles. The number of halogens is 3. The monoisotopic (exact) mass is 522 g/mol. The third-order valence-corrected chi connectivity index (χ3v) is 6.09. The number of hydrogen-bond acceptors (Lipinski definition) is 4. The maximum atomic E-state index is 13.2. The van der Waals surface area contributed by atoms with E-state index in [1.807, 2.05) is 42.5 Å². The van der Waals surface area contributed by atoms with Crippen molar-refractivity contribution in [3.8, 4) is 0 Å². The Balaban J connectivity index is 1.48. The second kappa shape index (κ2) is 10.9. The summed E-state index contributed by atoms with van der Waals surface area (Å²) in [6.07, 6.45) is -5.93. The molecule has 3 aromatic carbocycles. The summed E-state index contributed by atoms with van der Waals surface area (Å²) in [5.41, 5.74) is 2.20. The van der Waals surface area contributed by atoms with Crippen LogP contribution < -0.4 is 15.5 Å². The van der Waals surface area contributed by atoms with Gasteiger partial charge in [0.2, 0.25) is 18.0 Å². The third kappa shape index (κ3) is 5.91. The van der Waals surface area contributed by atoms with Crippen LogP contribution in [0.25, 0.3) is 0 Å². The molecule has 3 aromatic rings. The molecule has 0 radical (unpaired) electrons. The zero-order chi connectivity index (χ0) is 27.4. The van der Waals surface area contributed by atoms with Gasteiger partial charge in [0.1, 0.15) is 6.04 Å². The first-order valence-electron chi connectivity index (χ1n) is 11.8. The topological polar surface area (TPSA) is 90.9 Å². The fourth-order valence-corrected chi connectivity index (χ4v) is 4.06. The number of rotatable bonds is 6. The predicted molar refractivity (Wildman–Crippen MR) is 137 cm³/mol. The molecule has 0 saturated heterocycles. The van der Waals surface area contributed by atoms with E-state index in [-0.39, 0.29) is 6.42 Å². The van der Waals surface area contributed by atoms with Crippen LogP contribution in [0.4, 0.5) is 18.9 Å². The molecule has 0 spiro atoms. The summed E-state index contributed by atoms with van der Waals surface area (Å²) in [7, 11) is 1.60. The highest BCUT2D eigenvalue weighted by Gasteiger charge is 2.32. The van der Waals surface area contributed by atoms with Crippen molar-refractivity contribution >= 4 is 29.1 Å². The Bertz CT molecular complexity index is 1370. The van der Waals surface area contributed by atoms with E-state index in [1.165, 1.54) is 24.0 Å². The minimum absolute atomic E-state index is 0.216. The van der Waals surface area contributed by atoms with Gasteiger partial charge in [-0.2, -0.15) is 13.2 Å². The maximum Gasteiger partial charge on any atom is 0.416 e. The summed E-state index contributed by atoms with van der Waals surface area (Å²) >= 11 is 0. The van der Waals surface area contributed by atoms with Gasteiger partial charge in [-0.15, -0.1) is 0 Å². The molecule has 10 heteroatoms. The van der Waals surface area contributed by atoms with Crippen LogP contribution in [0.15, 0.2) is 83.9 Å². The van der Waals surface area contributed by atoms with Crippen molar-refractivity contribution in [1.29, 1.82) is 0 Å². The van der Waals surface area contributed by atoms with E-state index in [1.54, 1.807) is 19.2 Å². The first-order valence-corrected chi connectivity index (χ1v) is 11.8. The number of aliphatic imine (C=N–C) groups is 1. The van der Waals surface area contributed by atoms with Gasteiger partial charge >= 0.3 is 6.18 Å². The fourth-order valence-electron chi connectivity index (χ4n) is 4.06. The molecule has 1 aliphatic rings. The number of hydrogen-bond donors (Lipinski definition) is 2.